The van der Waals surface area contributed by atoms with Crippen LogP contribution in [-0.2, 0) is 9.53 Å². The van der Waals surface area contributed by atoms with Crippen LogP contribution in [0.3, 0.4) is 0 Å². The molecule has 2 aromatic carbocycles. The fourth-order valence-corrected chi connectivity index (χ4v) is 2.64. The molecule has 0 bridgehead atoms. The number of rotatable bonds is 3. The largest absolute Gasteiger partial charge is 0.454 e. The van der Waals surface area contributed by atoms with Gasteiger partial charge in [-0.05, 0) is 30.3 Å². The third-order valence-corrected chi connectivity index (χ3v) is 4.07. The number of carbonyl (C=O) groups excluding carboxylic acids is 1. The predicted octanol–water partition coefficient (Wildman–Crippen LogP) is 3.32. The lowest BCUT2D eigenvalue weighted by Crippen LogP contribution is -2.05. The smallest absolute Gasteiger partial charge is 0.363 e. The summed E-state index contributed by atoms with van der Waals surface area (Å²) in [5, 5.41) is 11.1. The first kappa shape index (κ1) is 16.1. The zero-order valence-corrected chi connectivity index (χ0v) is 13.7. The number of hydrogen-bond acceptors (Lipinski definition) is 7. The Morgan fingerprint density at radius 3 is 2.77 bits per heavy atom. The van der Waals surface area contributed by atoms with Crippen LogP contribution in [0.4, 0.5) is 5.69 Å². The number of benzene rings is 2. The van der Waals surface area contributed by atoms with Gasteiger partial charge in [0.2, 0.25) is 12.7 Å². The third kappa shape index (κ3) is 2.86. The van der Waals surface area contributed by atoms with Gasteiger partial charge in [0.15, 0.2) is 17.2 Å². The summed E-state index contributed by atoms with van der Waals surface area (Å²) in [5.41, 5.74) is 0.673. The first-order chi connectivity index (χ1) is 12.5. The molecule has 0 N–H and O–H groups in total. The Labute approximate surface area is 151 Å². The second-order valence-electron chi connectivity index (χ2n) is 5.37. The number of esters is 1. The van der Waals surface area contributed by atoms with Crippen molar-refractivity contribution in [3.8, 4) is 11.5 Å². The molecule has 2 heterocycles. The highest BCUT2D eigenvalue weighted by Crippen LogP contribution is 2.34. The van der Waals surface area contributed by atoms with Crippen molar-refractivity contribution >= 4 is 35.2 Å². The maximum Gasteiger partial charge on any atom is 0.363 e. The molecule has 0 unspecified atom stereocenters. The molecule has 0 spiro atoms. The van der Waals surface area contributed by atoms with E-state index < -0.39 is 10.9 Å². The van der Waals surface area contributed by atoms with Gasteiger partial charge >= 0.3 is 5.97 Å². The average Bonchev–Trinajstić information content (AvgIpc) is 3.22. The lowest BCUT2D eigenvalue weighted by atomic mass is 10.1. The van der Waals surface area contributed by atoms with Crippen LogP contribution in [0.5, 0.6) is 11.5 Å². The van der Waals surface area contributed by atoms with Gasteiger partial charge < -0.3 is 14.2 Å². The average molecular weight is 373 g/mol. The van der Waals surface area contributed by atoms with Crippen molar-refractivity contribution in [2.45, 2.75) is 0 Å². The van der Waals surface area contributed by atoms with E-state index in [4.69, 9.17) is 25.8 Å². The second kappa shape index (κ2) is 6.16. The number of aliphatic imine (C=N–C) groups is 1. The molecule has 0 amide bonds. The minimum atomic E-state index is -0.680. The van der Waals surface area contributed by atoms with E-state index in [0.29, 0.717) is 22.6 Å². The molecular formula is C17H9ClN2O6. The highest BCUT2D eigenvalue weighted by Gasteiger charge is 2.26. The summed E-state index contributed by atoms with van der Waals surface area (Å²) in [7, 11) is 0. The van der Waals surface area contributed by atoms with Gasteiger partial charge in [0.05, 0.1) is 4.92 Å². The Morgan fingerprint density at radius 1 is 1.15 bits per heavy atom. The number of ether oxygens (including phenoxy) is 3. The van der Waals surface area contributed by atoms with Crippen LogP contribution in [0.1, 0.15) is 11.1 Å². The van der Waals surface area contributed by atoms with Gasteiger partial charge in [-0.15, -0.1) is 0 Å². The molecule has 2 aromatic rings. The molecule has 0 saturated heterocycles. The number of nitrogens with zero attached hydrogens (tertiary/aromatic N) is 2. The van der Waals surface area contributed by atoms with Gasteiger partial charge in [-0.3, -0.25) is 10.1 Å². The Morgan fingerprint density at radius 2 is 1.96 bits per heavy atom. The number of hydrogen-bond donors (Lipinski definition) is 0. The summed E-state index contributed by atoms with van der Waals surface area (Å²) in [6.07, 6.45) is 1.34. The van der Waals surface area contributed by atoms with Crippen molar-refractivity contribution in [2.75, 3.05) is 6.79 Å². The fourth-order valence-electron chi connectivity index (χ4n) is 2.46. The van der Waals surface area contributed by atoms with Crippen molar-refractivity contribution in [3.05, 3.63) is 68.4 Å². The van der Waals surface area contributed by atoms with Crippen LogP contribution in [0, 0.1) is 10.1 Å². The van der Waals surface area contributed by atoms with Gasteiger partial charge in [0, 0.05) is 28.3 Å². The fraction of sp³-hybridized carbons (Fsp3) is 0.0588. The Bertz CT molecular complexity index is 1010. The predicted molar refractivity (Wildman–Crippen MR) is 91.3 cm³/mol. The molecule has 0 saturated carbocycles. The van der Waals surface area contributed by atoms with Crippen LogP contribution in [0.2, 0.25) is 5.02 Å². The number of cyclic esters (lactones) is 1. The topological polar surface area (TPSA) is 100 Å². The summed E-state index contributed by atoms with van der Waals surface area (Å²) >= 11 is 6.05. The zero-order chi connectivity index (χ0) is 18.3. The van der Waals surface area contributed by atoms with Gasteiger partial charge in [-0.1, -0.05) is 11.6 Å². The van der Waals surface area contributed by atoms with Crippen molar-refractivity contribution in [3.63, 3.8) is 0 Å². The number of carbonyl (C=O) groups is 1. The summed E-state index contributed by atoms with van der Waals surface area (Å²) in [4.78, 5) is 26.6. The summed E-state index contributed by atoms with van der Waals surface area (Å²) in [6, 6.07) is 8.94. The van der Waals surface area contributed by atoms with Crippen molar-refractivity contribution in [1.82, 2.24) is 0 Å². The SMILES string of the molecule is O=C1OC(c2ccc3c(c2)OCO3)=N/C1=C\c1cc([N+](=O)[O-])ccc1Cl. The Hall–Kier alpha value is -3.39. The lowest BCUT2D eigenvalue weighted by Gasteiger charge is -2.01. The number of nitro benzene ring substituents is 1. The van der Waals surface area contributed by atoms with E-state index in [1.165, 1.54) is 24.3 Å². The van der Waals surface area contributed by atoms with E-state index in [2.05, 4.69) is 4.99 Å². The van der Waals surface area contributed by atoms with E-state index in [1.54, 1.807) is 18.2 Å². The molecule has 0 aromatic heterocycles. The molecule has 2 aliphatic rings. The monoisotopic (exact) mass is 372 g/mol. The molecule has 9 heteroatoms. The number of nitro groups is 1. The first-order valence-electron chi connectivity index (χ1n) is 7.38. The van der Waals surface area contributed by atoms with Crippen LogP contribution in [-0.4, -0.2) is 23.6 Å². The highest BCUT2D eigenvalue weighted by molar-refractivity contribution is 6.32. The Kier molecular flexibility index (Phi) is 3.81. The summed E-state index contributed by atoms with van der Waals surface area (Å²) in [6.45, 7) is 0.126. The van der Waals surface area contributed by atoms with Crippen LogP contribution in [0.25, 0.3) is 6.08 Å². The molecule has 0 aliphatic carbocycles. The second-order valence-corrected chi connectivity index (χ2v) is 5.77. The zero-order valence-electron chi connectivity index (χ0n) is 13.0. The molecule has 2 aliphatic heterocycles. The van der Waals surface area contributed by atoms with E-state index in [-0.39, 0.29) is 29.1 Å². The van der Waals surface area contributed by atoms with Gasteiger partial charge in [0.25, 0.3) is 5.69 Å². The molecule has 8 nitrogen and oxygen atoms in total. The van der Waals surface area contributed by atoms with Gasteiger partial charge in [-0.25, -0.2) is 9.79 Å². The molecule has 4 rings (SSSR count). The number of halogens is 1. The standard InChI is InChI=1S/C17H9ClN2O6/c18-12-3-2-11(20(22)23)5-10(12)6-13-17(21)26-16(19-13)9-1-4-14-15(7-9)25-8-24-14/h1-7H,8H2/b13-6-. The quantitative estimate of drug-likeness (QED) is 0.354. The number of fused-ring (bicyclic) bond motifs is 1. The van der Waals surface area contributed by atoms with Crippen molar-refractivity contribution < 1.29 is 23.9 Å². The van der Waals surface area contributed by atoms with Gasteiger partial charge in [0.1, 0.15) is 0 Å². The van der Waals surface area contributed by atoms with E-state index in [9.17, 15) is 14.9 Å². The van der Waals surface area contributed by atoms with Crippen LogP contribution < -0.4 is 9.47 Å². The lowest BCUT2D eigenvalue weighted by molar-refractivity contribution is -0.384. The molecular weight excluding hydrogens is 364 g/mol. The van der Waals surface area contributed by atoms with Crippen molar-refractivity contribution in [1.29, 1.82) is 0 Å². The summed E-state index contributed by atoms with van der Waals surface area (Å²) in [5.74, 6) is 0.541. The molecule has 0 atom stereocenters. The minimum absolute atomic E-state index is 0.0138. The van der Waals surface area contributed by atoms with Crippen LogP contribution in [0.15, 0.2) is 47.1 Å². The minimum Gasteiger partial charge on any atom is -0.454 e. The molecule has 0 fully saturated rings. The van der Waals surface area contributed by atoms with E-state index >= 15 is 0 Å². The first-order valence-corrected chi connectivity index (χ1v) is 7.75. The third-order valence-electron chi connectivity index (χ3n) is 3.72. The van der Waals surface area contributed by atoms with Gasteiger partial charge in [-0.2, -0.15) is 0 Å². The maximum atomic E-state index is 12.1. The van der Waals surface area contributed by atoms with Crippen LogP contribution >= 0.6 is 11.6 Å². The molecule has 130 valence electrons. The van der Waals surface area contributed by atoms with E-state index in [1.807, 2.05) is 0 Å². The normalized spacial score (nSPS) is 16.6. The van der Waals surface area contributed by atoms with Crippen molar-refractivity contribution in [2.24, 2.45) is 4.99 Å². The maximum absolute atomic E-state index is 12.1. The number of non-ortho nitro benzene ring substituents is 1. The van der Waals surface area contributed by atoms with E-state index in [0.717, 1.165) is 0 Å². The highest BCUT2D eigenvalue weighted by atomic mass is 35.5. The summed E-state index contributed by atoms with van der Waals surface area (Å²) < 4.78 is 15.7. The Balaban J connectivity index is 1.70. The molecule has 26 heavy (non-hydrogen) atoms. The molecule has 0 radical (unpaired) electrons.